The van der Waals surface area contributed by atoms with Crippen molar-refractivity contribution in [2.24, 2.45) is 5.92 Å². The topological polar surface area (TPSA) is 62.5 Å². The molecule has 2 aromatic carbocycles. The number of nitrogens with zero attached hydrogens (tertiary/aromatic N) is 4. The molecule has 6 rings (SSSR count). The van der Waals surface area contributed by atoms with Crippen LogP contribution in [0.4, 0.5) is 5.82 Å². The monoisotopic (exact) mass is 591 g/mol. The molecule has 2 aliphatic rings. The summed E-state index contributed by atoms with van der Waals surface area (Å²) in [6.45, 7) is 1.50. The van der Waals surface area contributed by atoms with Gasteiger partial charge in [-0.1, -0.05) is 73.0 Å². The van der Waals surface area contributed by atoms with Crippen LogP contribution >= 0.6 is 27.5 Å². The lowest BCUT2D eigenvalue weighted by Gasteiger charge is -2.36. The van der Waals surface area contributed by atoms with E-state index < -0.39 is 0 Å². The third-order valence-corrected chi connectivity index (χ3v) is 8.92. The van der Waals surface area contributed by atoms with Crippen LogP contribution in [0.3, 0.4) is 0 Å². The Kier molecular flexibility index (Phi) is 7.39. The molecule has 1 amide bonds. The number of anilines is 1. The SMILES string of the molecule is O=C([C@H](c1ccccc1)C1CCCC1)N1CCC(Nc2cc(-c3ccccc3Cl)nc3c(Br)cnn23)CC1. The van der Waals surface area contributed by atoms with Gasteiger partial charge in [0.2, 0.25) is 5.91 Å². The lowest BCUT2D eigenvalue weighted by molar-refractivity contribution is -0.135. The number of aromatic nitrogens is 3. The van der Waals surface area contributed by atoms with Gasteiger partial charge in [0.15, 0.2) is 5.65 Å². The summed E-state index contributed by atoms with van der Waals surface area (Å²) < 4.78 is 2.65. The Morgan fingerprint density at radius 3 is 2.45 bits per heavy atom. The molecule has 196 valence electrons. The van der Waals surface area contributed by atoms with Crippen molar-refractivity contribution >= 4 is 44.9 Å². The molecule has 2 fully saturated rings. The number of amides is 1. The maximum absolute atomic E-state index is 13.8. The Hall–Kier alpha value is -2.90. The fourth-order valence-electron chi connectivity index (χ4n) is 6.06. The Labute approximate surface area is 236 Å². The van der Waals surface area contributed by atoms with Crippen molar-refractivity contribution in [3.8, 4) is 11.3 Å². The average molecular weight is 593 g/mol. The van der Waals surface area contributed by atoms with Gasteiger partial charge >= 0.3 is 0 Å². The van der Waals surface area contributed by atoms with E-state index in [1.807, 2.05) is 40.9 Å². The molecule has 6 nitrogen and oxygen atoms in total. The molecule has 0 spiro atoms. The van der Waals surface area contributed by atoms with Crippen molar-refractivity contribution in [1.82, 2.24) is 19.5 Å². The van der Waals surface area contributed by atoms with E-state index in [1.165, 1.54) is 18.4 Å². The molecule has 0 unspecified atom stereocenters. The number of piperidine rings is 1. The second kappa shape index (κ2) is 11.1. The van der Waals surface area contributed by atoms with E-state index in [0.29, 0.717) is 16.8 Å². The summed E-state index contributed by atoms with van der Waals surface area (Å²) >= 11 is 10.1. The number of nitrogens with one attached hydrogen (secondary N) is 1. The van der Waals surface area contributed by atoms with Gasteiger partial charge in [-0.15, -0.1) is 0 Å². The molecule has 3 heterocycles. The molecule has 1 aliphatic carbocycles. The molecule has 0 radical (unpaired) electrons. The zero-order valence-corrected chi connectivity index (χ0v) is 23.5. The van der Waals surface area contributed by atoms with Gasteiger partial charge < -0.3 is 10.2 Å². The van der Waals surface area contributed by atoms with Crippen molar-refractivity contribution in [1.29, 1.82) is 0 Å². The lowest BCUT2D eigenvalue weighted by atomic mass is 9.83. The number of hydrogen-bond donors (Lipinski definition) is 1. The number of hydrogen-bond acceptors (Lipinski definition) is 4. The Morgan fingerprint density at radius 2 is 1.71 bits per heavy atom. The molecular formula is C30H31BrClN5O. The summed E-state index contributed by atoms with van der Waals surface area (Å²) in [6.07, 6.45) is 8.28. The van der Waals surface area contributed by atoms with Crippen LogP contribution in [0.15, 0.2) is 71.3 Å². The average Bonchev–Trinajstić information content (AvgIpc) is 3.61. The second-order valence-electron chi connectivity index (χ2n) is 10.4. The Morgan fingerprint density at radius 1 is 1.00 bits per heavy atom. The van der Waals surface area contributed by atoms with Gasteiger partial charge in [-0.25, -0.2) is 4.98 Å². The van der Waals surface area contributed by atoms with E-state index in [2.05, 4.69) is 55.5 Å². The highest BCUT2D eigenvalue weighted by atomic mass is 79.9. The quantitative estimate of drug-likeness (QED) is 0.257. The van der Waals surface area contributed by atoms with Crippen molar-refractivity contribution in [3.05, 3.63) is 81.9 Å². The second-order valence-corrected chi connectivity index (χ2v) is 11.7. The number of carbonyl (C=O) groups excluding carboxylic acids is 1. The minimum Gasteiger partial charge on any atom is -0.367 e. The van der Waals surface area contributed by atoms with Gasteiger partial charge in [-0.05, 0) is 59.2 Å². The minimum atomic E-state index is -0.0253. The highest BCUT2D eigenvalue weighted by Gasteiger charge is 2.36. The molecular weight excluding hydrogens is 562 g/mol. The fraction of sp³-hybridized carbons (Fsp3) is 0.367. The van der Waals surface area contributed by atoms with Crippen LogP contribution in [0.25, 0.3) is 16.9 Å². The van der Waals surface area contributed by atoms with E-state index in [4.69, 9.17) is 16.6 Å². The van der Waals surface area contributed by atoms with Crippen LogP contribution in [0, 0.1) is 5.92 Å². The number of benzene rings is 2. The normalized spacial score (nSPS) is 17.7. The summed E-state index contributed by atoms with van der Waals surface area (Å²) in [4.78, 5) is 20.7. The summed E-state index contributed by atoms with van der Waals surface area (Å²) in [5.74, 6) is 1.59. The van der Waals surface area contributed by atoms with Gasteiger partial charge in [-0.3, -0.25) is 4.79 Å². The van der Waals surface area contributed by atoms with Crippen LogP contribution in [0.5, 0.6) is 0 Å². The fourth-order valence-corrected chi connectivity index (χ4v) is 6.64. The molecule has 38 heavy (non-hydrogen) atoms. The molecule has 1 saturated heterocycles. The largest absolute Gasteiger partial charge is 0.367 e. The smallest absolute Gasteiger partial charge is 0.230 e. The molecule has 2 aromatic heterocycles. The van der Waals surface area contributed by atoms with Gasteiger partial charge in [0.25, 0.3) is 0 Å². The number of fused-ring (bicyclic) bond motifs is 1. The minimum absolute atomic E-state index is 0.0253. The highest BCUT2D eigenvalue weighted by molar-refractivity contribution is 9.10. The molecule has 1 saturated carbocycles. The van der Waals surface area contributed by atoms with Crippen LogP contribution in [-0.2, 0) is 4.79 Å². The van der Waals surface area contributed by atoms with Gasteiger partial charge in [0.1, 0.15) is 5.82 Å². The zero-order valence-electron chi connectivity index (χ0n) is 21.2. The number of likely N-dealkylation sites (tertiary alicyclic amines) is 1. The summed E-state index contributed by atoms with van der Waals surface area (Å²) in [7, 11) is 0. The first kappa shape index (κ1) is 25.4. The van der Waals surface area contributed by atoms with E-state index in [-0.39, 0.29) is 12.0 Å². The maximum atomic E-state index is 13.8. The van der Waals surface area contributed by atoms with Crippen LogP contribution < -0.4 is 5.32 Å². The van der Waals surface area contributed by atoms with Crippen molar-refractivity contribution in [3.63, 3.8) is 0 Å². The third kappa shape index (κ3) is 5.06. The number of carbonyl (C=O) groups is 1. The molecule has 1 aliphatic heterocycles. The zero-order chi connectivity index (χ0) is 26.1. The number of rotatable bonds is 6. The summed E-state index contributed by atoms with van der Waals surface area (Å²) in [5, 5.41) is 8.89. The van der Waals surface area contributed by atoms with Gasteiger partial charge in [0, 0.05) is 35.8 Å². The maximum Gasteiger partial charge on any atom is 0.230 e. The first-order valence-corrected chi connectivity index (χ1v) is 14.6. The van der Waals surface area contributed by atoms with Crippen LogP contribution in [-0.4, -0.2) is 44.5 Å². The van der Waals surface area contributed by atoms with Crippen molar-refractivity contribution in [2.45, 2.75) is 50.5 Å². The van der Waals surface area contributed by atoms with Crippen molar-refractivity contribution in [2.75, 3.05) is 18.4 Å². The Balaban J connectivity index is 1.19. The van der Waals surface area contributed by atoms with Gasteiger partial charge in [0.05, 0.1) is 22.3 Å². The van der Waals surface area contributed by atoms with E-state index in [1.54, 1.807) is 6.20 Å². The lowest BCUT2D eigenvalue weighted by Crippen LogP contribution is -2.45. The van der Waals surface area contributed by atoms with E-state index >= 15 is 0 Å². The predicted molar refractivity (Wildman–Crippen MR) is 155 cm³/mol. The molecule has 8 heteroatoms. The predicted octanol–water partition coefficient (Wildman–Crippen LogP) is 7.19. The summed E-state index contributed by atoms with van der Waals surface area (Å²) in [6, 6.07) is 20.4. The van der Waals surface area contributed by atoms with E-state index in [0.717, 1.165) is 66.0 Å². The molecule has 1 atom stereocenters. The van der Waals surface area contributed by atoms with E-state index in [9.17, 15) is 4.79 Å². The van der Waals surface area contributed by atoms with Crippen molar-refractivity contribution < 1.29 is 4.79 Å². The third-order valence-electron chi connectivity index (χ3n) is 8.03. The summed E-state index contributed by atoms with van der Waals surface area (Å²) in [5.41, 5.74) is 3.58. The first-order valence-electron chi connectivity index (χ1n) is 13.5. The molecule has 0 bridgehead atoms. The highest BCUT2D eigenvalue weighted by Crippen LogP contribution is 2.39. The number of halogens is 2. The van der Waals surface area contributed by atoms with Crippen LogP contribution in [0.2, 0.25) is 5.02 Å². The molecule has 4 aromatic rings. The Bertz CT molecular complexity index is 1430. The van der Waals surface area contributed by atoms with Crippen LogP contribution in [0.1, 0.15) is 50.0 Å². The standard InChI is InChI=1S/C30H31BrClN5O/c31-24-19-33-37-27(18-26(35-29(24)37)23-12-6-7-13-25(23)32)34-22-14-16-36(17-15-22)30(38)28(21-10-4-5-11-21)20-8-2-1-3-9-20/h1-3,6-9,12-13,18-19,21-22,28,34H,4-5,10-11,14-17H2/t28-/m1/s1. The van der Waals surface area contributed by atoms with Gasteiger partial charge in [-0.2, -0.15) is 9.61 Å². The molecule has 1 N–H and O–H groups in total. The first-order chi connectivity index (χ1) is 18.6.